The van der Waals surface area contributed by atoms with Crippen molar-refractivity contribution in [1.29, 1.82) is 0 Å². The molecule has 0 bridgehead atoms. The molecule has 0 saturated heterocycles. The van der Waals surface area contributed by atoms with Gasteiger partial charge in [-0.25, -0.2) is 9.78 Å². The van der Waals surface area contributed by atoms with Crippen LogP contribution in [0.3, 0.4) is 0 Å². The van der Waals surface area contributed by atoms with Crippen LogP contribution in [0.5, 0.6) is 17.2 Å². The van der Waals surface area contributed by atoms with E-state index in [-0.39, 0.29) is 18.9 Å². The molecular weight excluding hydrogens is 508 g/mol. The molecule has 0 radical (unpaired) electrons. The largest absolute Gasteiger partial charge is 0.486 e. The van der Waals surface area contributed by atoms with Gasteiger partial charge < -0.3 is 24.3 Å². The van der Waals surface area contributed by atoms with E-state index in [4.69, 9.17) is 18.9 Å². The maximum absolute atomic E-state index is 13.5. The summed E-state index contributed by atoms with van der Waals surface area (Å²) >= 11 is 0. The third-order valence-electron chi connectivity index (χ3n) is 5.82. The molecule has 0 aliphatic rings. The molecule has 8 nitrogen and oxygen atoms in total. The minimum Gasteiger partial charge on any atom is -0.486 e. The summed E-state index contributed by atoms with van der Waals surface area (Å²) in [5.41, 5.74) is 0.807. The topological polar surface area (TPSA) is 96.0 Å². The van der Waals surface area contributed by atoms with E-state index in [1.54, 1.807) is 34.8 Å². The van der Waals surface area contributed by atoms with E-state index in [9.17, 15) is 9.59 Å². The van der Waals surface area contributed by atoms with Crippen LogP contribution in [0.1, 0.15) is 49.4 Å². The summed E-state index contributed by atoms with van der Waals surface area (Å²) in [6.07, 6.45) is 0. The number of methoxy groups -OCH3 is 1. The Morgan fingerprint density at radius 1 is 0.875 bits per heavy atom. The average molecular weight is 543 g/mol. The molecule has 0 fully saturated rings. The van der Waals surface area contributed by atoms with Gasteiger partial charge >= 0.3 is 5.97 Å². The summed E-state index contributed by atoms with van der Waals surface area (Å²) < 4.78 is 23.1. The first kappa shape index (κ1) is 28.6. The summed E-state index contributed by atoms with van der Waals surface area (Å²) in [6, 6.07) is 23.7. The van der Waals surface area contributed by atoms with Crippen molar-refractivity contribution >= 4 is 22.6 Å². The van der Waals surface area contributed by atoms with Gasteiger partial charge in [-0.3, -0.25) is 4.79 Å². The fourth-order valence-electron chi connectivity index (χ4n) is 4.01. The molecule has 0 spiro atoms. The third kappa shape index (κ3) is 7.36. The highest BCUT2D eigenvalue weighted by atomic mass is 16.6. The molecule has 8 heteroatoms. The van der Waals surface area contributed by atoms with Gasteiger partial charge in [-0.2, -0.15) is 0 Å². The number of pyridine rings is 1. The van der Waals surface area contributed by atoms with Gasteiger partial charge in [-0.1, -0.05) is 48.5 Å². The molecule has 1 amide bonds. The Morgan fingerprint density at radius 3 is 2.20 bits per heavy atom. The Morgan fingerprint density at radius 2 is 1.55 bits per heavy atom. The molecule has 3 aromatic carbocycles. The lowest BCUT2D eigenvalue weighted by molar-refractivity contribution is -0.156. The standard InChI is InChI=1S/C32H34N2O6/c1-21(31(36)40-32(2,3)4)33-30(35)28-29(38-19-22-12-8-6-9-13-22)25-17-16-24(39-23-14-10-7-11-15-23)18-26(25)27(34-28)20-37-5/h6-18,21H,19-20H2,1-5H3,(H,33,35)/t21-/m1/s1. The van der Waals surface area contributed by atoms with Crippen molar-refractivity contribution in [3.8, 4) is 17.2 Å². The van der Waals surface area contributed by atoms with E-state index in [0.717, 1.165) is 10.9 Å². The summed E-state index contributed by atoms with van der Waals surface area (Å²) in [5, 5.41) is 4.09. The highest BCUT2D eigenvalue weighted by molar-refractivity contribution is 6.04. The summed E-state index contributed by atoms with van der Waals surface area (Å²) in [6.45, 7) is 7.24. The Kier molecular flexibility index (Phi) is 9.01. The van der Waals surface area contributed by atoms with Crippen molar-refractivity contribution in [1.82, 2.24) is 10.3 Å². The molecule has 1 heterocycles. The maximum atomic E-state index is 13.5. The van der Waals surface area contributed by atoms with E-state index in [2.05, 4.69) is 10.3 Å². The maximum Gasteiger partial charge on any atom is 0.328 e. The third-order valence-corrected chi connectivity index (χ3v) is 5.82. The Labute approximate surface area is 234 Å². The zero-order chi connectivity index (χ0) is 28.7. The van der Waals surface area contributed by atoms with Crippen molar-refractivity contribution in [3.05, 3.63) is 95.8 Å². The second-order valence-corrected chi connectivity index (χ2v) is 10.3. The first-order chi connectivity index (χ1) is 19.1. The predicted molar refractivity (Wildman–Crippen MR) is 153 cm³/mol. The number of nitrogens with zero attached hydrogens (tertiary/aromatic N) is 1. The second-order valence-electron chi connectivity index (χ2n) is 10.3. The first-order valence-electron chi connectivity index (χ1n) is 13.0. The van der Waals surface area contributed by atoms with Gasteiger partial charge in [0.2, 0.25) is 0 Å². The second kappa shape index (κ2) is 12.6. The molecule has 208 valence electrons. The van der Waals surface area contributed by atoms with E-state index < -0.39 is 23.5 Å². The van der Waals surface area contributed by atoms with Gasteiger partial charge in [0.1, 0.15) is 29.7 Å². The summed E-state index contributed by atoms with van der Waals surface area (Å²) in [4.78, 5) is 30.8. The number of aromatic nitrogens is 1. The van der Waals surface area contributed by atoms with Crippen LogP contribution >= 0.6 is 0 Å². The van der Waals surface area contributed by atoms with E-state index in [0.29, 0.717) is 28.3 Å². The number of ether oxygens (including phenoxy) is 4. The minimum absolute atomic E-state index is 0.0441. The Balaban J connectivity index is 1.75. The van der Waals surface area contributed by atoms with Gasteiger partial charge in [-0.05, 0) is 63.6 Å². The number of para-hydroxylation sites is 1. The van der Waals surface area contributed by atoms with Crippen LogP contribution in [0, 0.1) is 0 Å². The fourth-order valence-corrected chi connectivity index (χ4v) is 4.01. The Hall–Kier alpha value is -4.43. The quantitative estimate of drug-likeness (QED) is 0.238. The van der Waals surface area contributed by atoms with Gasteiger partial charge in [0.15, 0.2) is 11.4 Å². The lowest BCUT2D eigenvalue weighted by atomic mass is 10.1. The van der Waals surface area contributed by atoms with Crippen molar-refractivity contribution in [2.75, 3.05) is 7.11 Å². The highest BCUT2D eigenvalue weighted by Crippen LogP contribution is 2.35. The molecule has 0 aliphatic heterocycles. The van der Waals surface area contributed by atoms with Crippen LogP contribution in [0.15, 0.2) is 78.9 Å². The molecule has 4 aromatic rings. The number of amides is 1. The predicted octanol–water partition coefficient (Wildman–Crippen LogP) is 6.21. The normalized spacial score (nSPS) is 12.0. The number of carbonyl (C=O) groups excluding carboxylic acids is 2. The van der Waals surface area contributed by atoms with E-state index >= 15 is 0 Å². The lowest BCUT2D eigenvalue weighted by Gasteiger charge is -2.23. The monoisotopic (exact) mass is 542 g/mol. The number of fused-ring (bicyclic) bond motifs is 1. The number of rotatable bonds is 10. The molecule has 0 saturated carbocycles. The number of nitrogens with one attached hydrogen (secondary N) is 1. The van der Waals surface area contributed by atoms with E-state index in [1.807, 2.05) is 78.9 Å². The SMILES string of the molecule is COCc1nc(C(=O)N[C@H](C)C(=O)OC(C)(C)C)c(OCc2ccccc2)c2ccc(Oc3ccccc3)cc12. The van der Waals surface area contributed by atoms with Crippen LogP contribution in [-0.4, -0.2) is 35.6 Å². The van der Waals surface area contributed by atoms with Crippen LogP contribution < -0.4 is 14.8 Å². The van der Waals surface area contributed by atoms with Crippen LogP contribution in [0.25, 0.3) is 10.8 Å². The minimum atomic E-state index is -0.904. The van der Waals surface area contributed by atoms with Crippen LogP contribution in [-0.2, 0) is 27.5 Å². The molecule has 4 rings (SSSR count). The molecule has 0 aliphatic carbocycles. The van der Waals surface area contributed by atoms with Crippen molar-refractivity contribution in [2.45, 2.75) is 52.6 Å². The van der Waals surface area contributed by atoms with E-state index in [1.165, 1.54) is 0 Å². The molecule has 0 unspecified atom stereocenters. The van der Waals surface area contributed by atoms with Gasteiger partial charge in [0.05, 0.1) is 12.3 Å². The smallest absolute Gasteiger partial charge is 0.328 e. The molecule has 40 heavy (non-hydrogen) atoms. The number of benzene rings is 3. The summed E-state index contributed by atoms with van der Waals surface area (Å²) in [5.74, 6) is 0.468. The number of esters is 1. The van der Waals surface area contributed by atoms with Crippen molar-refractivity contribution in [3.63, 3.8) is 0 Å². The van der Waals surface area contributed by atoms with Gasteiger partial charge in [0.25, 0.3) is 5.91 Å². The zero-order valence-electron chi connectivity index (χ0n) is 23.4. The van der Waals surface area contributed by atoms with Gasteiger partial charge in [0, 0.05) is 17.9 Å². The first-order valence-corrected chi connectivity index (χ1v) is 13.0. The molecule has 1 atom stereocenters. The van der Waals surface area contributed by atoms with Crippen molar-refractivity contribution < 1.29 is 28.5 Å². The number of hydrogen-bond acceptors (Lipinski definition) is 7. The van der Waals surface area contributed by atoms with Gasteiger partial charge in [-0.15, -0.1) is 0 Å². The van der Waals surface area contributed by atoms with Crippen LogP contribution in [0.4, 0.5) is 0 Å². The number of hydrogen-bond donors (Lipinski definition) is 1. The average Bonchev–Trinajstić information content (AvgIpc) is 2.92. The highest BCUT2D eigenvalue weighted by Gasteiger charge is 2.27. The Bertz CT molecular complexity index is 1470. The molecule has 1 N–H and O–H groups in total. The molecule has 1 aromatic heterocycles. The zero-order valence-corrected chi connectivity index (χ0v) is 23.4. The van der Waals surface area contributed by atoms with Crippen LogP contribution in [0.2, 0.25) is 0 Å². The number of carbonyl (C=O) groups is 2. The fraction of sp³-hybridized carbons (Fsp3) is 0.281. The lowest BCUT2D eigenvalue weighted by Crippen LogP contribution is -2.42. The molecular formula is C32H34N2O6. The van der Waals surface area contributed by atoms with Crippen molar-refractivity contribution in [2.24, 2.45) is 0 Å². The summed E-state index contributed by atoms with van der Waals surface area (Å²) in [7, 11) is 1.56.